The third kappa shape index (κ3) is 2.68. The minimum atomic E-state index is -0.824. The van der Waals surface area contributed by atoms with E-state index in [0.717, 1.165) is 18.5 Å². The first-order chi connectivity index (χ1) is 7.66. The minimum absolute atomic E-state index is 0.0153. The van der Waals surface area contributed by atoms with Crippen molar-refractivity contribution in [3.63, 3.8) is 0 Å². The average Bonchev–Trinajstić information content (AvgIpc) is 2.42. The summed E-state index contributed by atoms with van der Waals surface area (Å²) in [4.78, 5) is 0. The highest BCUT2D eigenvalue weighted by Crippen LogP contribution is 2.20. The standard InChI is InChI=1S/C12H16FNOS/c1-9-5-6-14-12(8-16(9)15)10-3-2-4-11(13)7-10/h2-4,7,9,12,14H,5-6,8H2,1H3. The molecule has 2 nitrogen and oxygen atoms in total. The molecule has 1 heterocycles. The van der Waals surface area contributed by atoms with Crippen LogP contribution in [0.4, 0.5) is 4.39 Å². The summed E-state index contributed by atoms with van der Waals surface area (Å²) in [6, 6.07) is 6.55. The van der Waals surface area contributed by atoms with Crippen LogP contribution in [0, 0.1) is 5.82 Å². The lowest BCUT2D eigenvalue weighted by Crippen LogP contribution is -2.24. The van der Waals surface area contributed by atoms with Crippen molar-refractivity contribution in [1.29, 1.82) is 0 Å². The quantitative estimate of drug-likeness (QED) is 0.814. The van der Waals surface area contributed by atoms with E-state index >= 15 is 0 Å². The van der Waals surface area contributed by atoms with Gasteiger partial charge in [0, 0.05) is 27.8 Å². The highest BCUT2D eigenvalue weighted by atomic mass is 32.2. The van der Waals surface area contributed by atoms with Gasteiger partial charge < -0.3 is 5.32 Å². The molecule has 0 aliphatic carbocycles. The predicted molar refractivity (Wildman–Crippen MR) is 64.2 cm³/mol. The van der Waals surface area contributed by atoms with E-state index in [9.17, 15) is 8.60 Å². The third-order valence-corrected chi connectivity index (χ3v) is 4.77. The predicted octanol–water partition coefficient (Wildman–Crippen LogP) is 2.00. The Bertz CT molecular complexity index is 396. The summed E-state index contributed by atoms with van der Waals surface area (Å²) in [7, 11) is -0.824. The summed E-state index contributed by atoms with van der Waals surface area (Å²) < 4.78 is 25.0. The second-order valence-electron chi connectivity index (χ2n) is 4.21. The van der Waals surface area contributed by atoms with Gasteiger partial charge in [0.25, 0.3) is 0 Å². The van der Waals surface area contributed by atoms with Gasteiger partial charge >= 0.3 is 0 Å². The lowest BCUT2D eigenvalue weighted by molar-refractivity contribution is 0.569. The zero-order valence-electron chi connectivity index (χ0n) is 9.28. The van der Waals surface area contributed by atoms with Crippen LogP contribution in [-0.2, 0) is 10.8 Å². The molecular formula is C12H16FNOS. The van der Waals surface area contributed by atoms with Crippen LogP contribution >= 0.6 is 0 Å². The zero-order valence-corrected chi connectivity index (χ0v) is 10.1. The van der Waals surface area contributed by atoms with Crippen molar-refractivity contribution >= 4 is 10.8 Å². The van der Waals surface area contributed by atoms with Gasteiger partial charge in [0.2, 0.25) is 0 Å². The van der Waals surface area contributed by atoms with Crippen LogP contribution in [0.3, 0.4) is 0 Å². The van der Waals surface area contributed by atoms with E-state index in [4.69, 9.17) is 0 Å². The molecular weight excluding hydrogens is 225 g/mol. The summed E-state index contributed by atoms with van der Waals surface area (Å²) in [5.41, 5.74) is 0.891. The third-order valence-electron chi connectivity index (χ3n) is 2.97. The summed E-state index contributed by atoms with van der Waals surface area (Å²) >= 11 is 0. The van der Waals surface area contributed by atoms with Crippen LogP contribution in [0.1, 0.15) is 24.9 Å². The van der Waals surface area contributed by atoms with E-state index in [1.54, 1.807) is 6.07 Å². The monoisotopic (exact) mass is 241 g/mol. The molecule has 1 N–H and O–H groups in total. The molecule has 1 saturated heterocycles. The molecule has 16 heavy (non-hydrogen) atoms. The van der Waals surface area contributed by atoms with Gasteiger partial charge in [-0.15, -0.1) is 0 Å². The van der Waals surface area contributed by atoms with Gasteiger partial charge in [0.15, 0.2) is 0 Å². The molecule has 3 atom stereocenters. The molecule has 0 spiro atoms. The first-order valence-electron chi connectivity index (χ1n) is 5.53. The van der Waals surface area contributed by atoms with Crippen LogP contribution < -0.4 is 5.32 Å². The molecule has 1 aliphatic rings. The minimum Gasteiger partial charge on any atom is -0.309 e. The van der Waals surface area contributed by atoms with Gasteiger partial charge in [0.05, 0.1) is 0 Å². The van der Waals surface area contributed by atoms with Gasteiger partial charge in [0.1, 0.15) is 5.82 Å². The van der Waals surface area contributed by atoms with Crippen molar-refractivity contribution in [2.45, 2.75) is 24.6 Å². The van der Waals surface area contributed by atoms with Crippen LogP contribution in [0.15, 0.2) is 24.3 Å². The van der Waals surface area contributed by atoms with E-state index < -0.39 is 10.8 Å². The highest BCUT2D eigenvalue weighted by molar-refractivity contribution is 7.85. The van der Waals surface area contributed by atoms with E-state index in [1.165, 1.54) is 12.1 Å². The summed E-state index contributed by atoms with van der Waals surface area (Å²) in [5, 5.41) is 3.55. The largest absolute Gasteiger partial charge is 0.309 e. The SMILES string of the molecule is CC1CCNC(c2cccc(F)c2)CS1=O. The van der Waals surface area contributed by atoms with Crippen molar-refractivity contribution in [2.24, 2.45) is 0 Å². The Morgan fingerprint density at radius 1 is 1.50 bits per heavy atom. The van der Waals surface area contributed by atoms with Crippen molar-refractivity contribution in [2.75, 3.05) is 12.3 Å². The molecule has 1 aliphatic heterocycles. The number of rotatable bonds is 1. The maximum absolute atomic E-state index is 13.1. The number of hydrogen-bond acceptors (Lipinski definition) is 2. The lowest BCUT2D eigenvalue weighted by atomic mass is 10.1. The van der Waals surface area contributed by atoms with Crippen molar-refractivity contribution in [3.8, 4) is 0 Å². The number of benzene rings is 1. The molecule has 0 radical (unpaired) electrons. The van der Waals surface area contributed by atoms with Crippen molar-refractivity contribution in [1.82, 2.24) is 5.32 Å². The van der Waals surface area contributed by atoms with Crippen LogP contribution in [0.2, 0.25) is 0 Å². The molecule has 4 heteroatoms. The lowest BCUT2D eigenvalue weighted by Gasteiger charge is -2.15. The van der Waals surface area contributed by atoms with E-state index in [0.29, 0.717) is 5.75 Å². The second-order valence-corrected chi connectivity index (χ2v) is 6.11. The molecule has 1 aromatic rings. The van der Waals surface area contributed by atoms with Gasteiger partial charge in [-0.05, 0) is 30.7 Å². The molecule has 88 valence electrons. The molecule has 2 rings (SSSR count). The van der Waals surface area contributed by atoms with E-state index in [2.05, 4.69) is 5.32 Å². The molecule has 3 unspecified atom stereocenters. The maximum Gasteiger partial charge on any atom is 0.123 e. The van der Waals surface area contributed by atoms with Crippen LogP contribution in [0.5, 0.6) is 0 Å². The van der Waals surface area contributed by atoms with Gasteiger partial charge in [-0.25, -0.2) is 4.39 Å². The molecule has 0 bridgehead atoms. The van der Waals surface area contributed by atoms with Crippen LogP contribution in [-0.4, -0.2) is 21.8 Å². The van der Waals surface area contributed by atoms with E-state index in [-0.39, 0.29) is 17.1 Å². The first-order valence-corrected chi connectivity index (χ1v) is 6.91. The smallest absolute Gasteiger partial charge is 0.123 e. The number of halogens is 1. The molecule has 0 saturated carbocycles. The molecule has 1 fully saturated rings. The Balaban J connectivity index is 2.18. The highest BCUT2D eigenvalue weighted by Gasteiger charge is 2.22. The summed E-state index contributed by atoms with van der Waals surface area (Å²) in [5.74, 6) is 0.340. The molecule has 1 aromatic carbocycles. The van der Waals surface area contributed by atoms with Crippen LogP contribution in [0.25, 0.3) is 0 Å². The summed E-state index contributed by atoms with van der Waals surface area (Å²) in [6.45, 7) is 2.85. The number of hydrogen-bond donors (Lipinski definition) is 1. The van der Waals surface area contributed by atoms with E-state index in [1.807, 2.05) is 13.0 Å². The first kappa shape index (κ1) is 11.7. The molecule has 0 aromatic heterocycles. The Morgan fingerprint density at radius 3 is 3.06 bits per heavy atom. The van der Waals surface area contributed by atoms with Crippen molar-refractivity contribution < 1.29 is 8.60 Å². The molecule has 0 amide bonds. The maximum atomic E-state index is 13.1. The topological polar surface area (TPSA) is 29.1 Å². The normalized spacial score (nSPS) is 31.0. The Morgan fingerprint density at radius 2 is 2.31 bits per heavy atom. The zero-order chi connectivity index (χ0) is 11.5. The Hall–Kier alpha value is -0.740. The summed E-state index contributed by atoms with van der Waals surface area (Å²) in [6.07, 6.45) is 0.915. The fourth-order valence-electron chi connectivity index (χ4n) is 1.92. The van der Waals surface area contributed by atoms with Gasteiger partial charge in [-0.3, -0.25) is 4.21 Å². The Labute approximate surface area is 97.7 Å². The van der Waals surface area contributed by atoms with Crippen molar-refractivity contribution in [3.05, 3.63) is 35.6 Å². The fraction of sp³-hybridized carbons (Fsp3) is 0.500. The average molecular weight is 241 g/mol. The van der Waals surface area contributed by atoms with Gasteiger partial charge in [-0.2, -0.15) is 0 Å². The second kappa shape index (κ2) is 5.06. The van der Waals surface area contributed by atoms with Gasteiger partial charge in [-0.1, -0.05) is 19.1 Å². The Kier molecular flexibility index (Phi) is 3.71. The number of nitrogens with one attached hydrogen (secondary N) is 1. The fourth-order valence-corrected chi connectivity index (χ4v) is 3.27.